The molecule has 0 bridgehead atoms. The minimum Gasteiger partial charge on any atom is -0.506 e. The van der Waals surface area contributed by atoms with Gasteiger partial charge in [0, 0.05) is 28.7 Å². The van der Waals surface area contributed by atoms with Crippen molar-refractivity contribution in [3.63, 3.8) is 0 Å². The second-order valence-electron chi connectivity index (χ2n) is 7.58. The second kappa shape index (κ2) is 7.80. The smallest absolute Gasteiger partial charge is 0.143 e. The van der Waals surface area contributed by atoms with E-state index in [1.54, 1.807) is 12.3 Å². The molecule has 0 saturated carbocycles. The number of aromatic hydroxyl groups is 1. The van der Waals surface area contributed by atoms with E-state index in [-0.39, 0.29) is 16.8 Å². The first-order chi connectivity index (χ1) is 15.0. The first kappa shape index (κ1) is 19.7. The summed E-state index contributed by atoms with van der Waals surface area (Å²) in [5.41, 5.74) is 6.94. The number of hydrogen-bond acceptors (Lipinski definition) is 3. The number of phenolic OH excluding ortho intramolecular Hbond substituents is 1. The van der Waals surface area contributed by atoms with Gasteiger partial charge in [0.05, 0.1) is 28.1 Å². The van der Waals surface area contributed by atoms with Crippen molar-refractivity contribution in [1.82, 2.24) is 4.57 Å². The van der Waals surface area contributed by atoms with Crippen molar-refractivity contribution in [3.05, 3.63) is 105 Å². The van der Waals surface area contributed by atoms with Gasteiger partial charge in [-0.15, -0.1) is 0 Å². The Hall–Kier alpha value is -3.21. The van der Waals surface area contributed by atoms with Crippen molar-refractivity contribution in [2.45, 2.75) is 13.0 Å². The number of phenols is 1. The molecule has 2 heterocycles. The lowest BCUT2D eigenvalue weighted by atomic mass is 9.99. The Labute approximate surface area is 190 Å². The highest BCUT2D eigenvalue weighted by Crippen LogP contribution is 2.38. The second-order valence-corrected chi connectivity index (χ2v) is 8.42. The van der Waals surface area contributed by atoms with E-state index in [1.165, 1.54) is 11.6 Å². The van der Waals surface area contributed by atoms with Crippen molar-refractivity contribution in [3.8, 4) is 11.4 Å². The molecule has 4 nitrogen and oxygen atoms in total. The molecule has 154 valence electrons. The molecule has 6 heteroatoms. The van der Waals surface area contributed by atoms with E-state index in [9.17, 15) is 5.11 Å². The Balaban J connectivity index is 1.50. The fraction of sp³-hybridized carbons (Fsp3) is 0.0800. The number of nitrogens with one attached hydrogen (secondary N) is 1. The molecule has 1 aromatic heterocycles. The standard InChI is InChI=1S/C25H19Cl2N3O/c1-15-7-8-22-21(10-15)29-24(23-6-3-9-30(22)23)16-4-2-5-19(12-16)28-14-17-11-18(26)13-20(27)25(17)31/h2-14,24,29,31H,1H3/t24-/m1/s1. The van der Waals surface area contributed by atoms with Crippen LogP contribution in [0.3, 0.4) is 0 Å². The number of rotatable bonds is 3. The number of fused-ring (bicyclic) bond motifs is 3. The molecule has 5 rings (SSSR count). The molecule has 1 atom stereocenters. The summed E-state index contributed by atoms with van der Waals surface area (Å²) in [5.74, 6) is -0.0373. The summed E-state index contributed by atoms with van der Waals surface area (Å²) in [5, 5.41) is 14.5. The van der Waals surface area contributed by atoms with Gasteiger partial charge in [0.15, 0.2) is 0 Å². The first-order valence-corrected chi connectivity index (χ1v) is 10.6. The summed E-state index contributed by atoms with van der Waals surface area (Å²) in [4.78, 5) is 4.54. The predicted octanol–water partition coefficient (Wildman–Crippen LogP) is 7.06. The number of nitrogens with zero attached hydrogens (tertiary/aromatic N) is 2. The average molecular weight is 448 g/mol. The molecule has 4 aromatic rings. The van der Waals surface area contributed by atoms with Crippen molar-refractivity contribution in [1.29, 1.82) is 0 Å². The Bertz CT molecular complexity index is 1330. The molecule has 1 aliphatic heterocycles. The zero-order chi connectivity index (χ0) is 21.5. The van der Waals surface area contributed by atoms with Gasteiger partial charge in [0.25, 0.3) is 0 Å². The van der Waals surface area contributed by atoms with Crippen LogP contribution in [0.1, 0.15) is 28.4 Å². The maximum atomic E-state index is 10.2. The van der Waals surface area contributed by atoms with Crippen LogP contribution in [0, 0.1) is 6.92 Å². The monoisotopic (exact) mass is 447 g/mol. The zero-order valence-corrected chi connectivity index (χ0v) is 18.2. The highest BCUT2D eigenvalue weighted by Gasteiger charge is 2.25. The third-order valence-corrected chi connectivity index (χ3v) is 5.91. The van der Waals surface area contributed by atoms with Crippen LogP contribution in [0.5, 0.6) is 5.75 Å². The Morgan fingerprint density at radius 3 is 2.77 bits per heavy atom. The van der Waals surface area contributed by atoms with Gasteiger partial charge in [-0.25, -0.2) is 0 Å². The molecular formula is C25H19Cl2N3O. The van der Waals surface area contributed by atoms with E-state index in [0.717, 1.165) is 28.3 Å². The van der Waals surface area contributed by atoms with Crippen LogP contribution in [0.25, 0.3) is 5.69 Å². The Kier molecular flexibility index (Phi) is 4.97. The summed E-state index contributed by atoms with van der Waals surface area (Å²) in [6.07, 6.45) is 3.66. The minimum atomic E-state index is -0.0373. The molecule has 0 fully saturated rings. The SMILES string of the molecule is Cc1ccc2c(c1)N[C@H](c1cccc(N=Cc3cc(Cl)cc(Cl)c3O)c1)c1cccn1-2. The van der Waals surface area contributed by atoms with Gasteiger partial charge in [-0.2, -0.15) is 0 Å². The first-order valence-electron chi connectivity index (χ1n) is 9.86. The lowest BCUT2D eigenvalue weighted by Gasteiger charge is -2.30. The molecular weight excluding hydrogens is 429 g/mol. The van der Waals surface area contributed by atoms with Gasteiger partial charge in [-0.3, -0.25) is 4.99 Å². The number of aryl methyl sites for hydroxylation is 1. The predicted molar refractivity (Wildman–Crippen MR) is 128 cm³/mol. The number of anilines is 1. The number of benzene rings is 3. The molecule has 0 radical (unpaired) electrons. The highest BCUT2D eigenvalue weighted by molar-refractivity contribution is 6.36. The van der Waals surface area contributed by atoms with Crippen LogP contribution in [0.2, 0.25) is 10.0 Å². The maximum absolute atomic E-state index is 10.2. The van der Waals surface area contributed by atoms with Crippen LogP contribution in [-0.2, 0) is 0 Å². The van der Waals surface area contributed by atoms with Crippen molar-refractivity contribution in [2.24, 2.45) is 4.99 Å². The van der Waals surface area contributed by atoms with Gasteiger partial charge >= 0.3 is 0 Å². The summed E-state index contributed by atoms with van der Waals surface area (Å²) < 4.78 is 2.22. The summed E-state index contributed by atoms with van der Waals surface area (Å²) in [6.45, 7) is 2.09. The molecule has 0 spiro atoms. The van der Waals surface area contributed by atoms with Crippen LogP contribution < -0.4 is 5.32 Å². The number of hydrogen-bond donors (Lipinski definition) is 2. The van der Waals surface area contributed by atoms with Gasteiger partial charge in [0.2, 0.25) is 0 Å². The van der Waals surface area contributed by atoms with Crippen molar-refractivity contribution >= 4 is 40.8 Å². The van der Waals surface area contributed by atoms with Gasteiger partial charge < -0.3 is 15.0 Å². The lowest BCUT2D eigenvalue weighted by molar-refractivity contribution is 0.475. The van der Waals surface area contributed by atoms with E-state index in [2.05, 4.69) is 64.4 Å². The van der Waals surface area contributed by atoms with Crippen molar-refractivity contribution in [2.75, 3.05) is 5.32 Å². The summed E-state index contributed by atoms with van der Waals surface area (Å²) in [6, 6.07) is 21.8. The molecule has 0 saturated heterocycles. The Morgan fingerprint density at radius 2 is 1.90 bits per heavy atom. The van der Waals surface area contributed by atoms with Crippen LogP contribution >= 0.6 is 23.2 Å². The van der Waals surface area contributed by atoms with Gasteiger partial charge in [-0.1, -0.05) is 41.4 Å². The van der Waals surface area contributed by atoms with Crippen LogP contribution in [0.15, 0.2) is 77.9 Å². The molecule has 0 unspecified atom stereocenters. The van der Waals surface area contributed by atoms with E-state index < -0.39 is 0 Å². The molecule has 0 aliphatic carbocycles. The van der Waals surface area contributed by atoms with Crippen LogP contribution in [-0.4, -0.2) is 15.9 Å². The fourth-order valence-corrected chi connectivity index (χ4v) is 4.43. The van der Waals surface area contributed by atoms with E-state index >= 15 is 0 Å². The Morgan fingerprint density at radius 1 is 1.03 bits per heavy atom. The zero-order valence-electron chi connectivity index (χ0n) is 16.7. The molecule has 0 amide bonds. The molecule has 1 aliphatic rings. The number of aliphatic imine (C=N–C) groups is 1. The van der Waals surface area contributed by atoms with Crippen LogP contribution in [0.4, 0.5) is 11.4 Å². The quantitative estimate of drug-likeness (QED) is 0.330. The minimum absolute atomic E-state index is 0.00605. The van der Waals surface area contributed by atoms with Crippen molar-refractivity contribution < 1.29 is 5.11 Å². The number of halogens is 2. The third-order valence-electron chi connectivity index (χ3n) is 5.40. The largest absolute Gasteiger partial charge is 0.506 e. The fourth-order valence-electron chi connectivity index (χ4n) is 3.92. The lowest BCUT2D eigenvalue weighted by Crippen LogP contribution is -2.22. The topological polar surface area (TPSA) is 49.6 Å². The van der Waals surface area contributed by atoms with Gasteiger partial charge in [0.1, 0.15) is 5.75 Å². The van der Waals surface area contributed by atoms with E-state index in [0.29, 0.717) is 10.6 Å². The molecule has 2 N–H and O–H groups in total. The maximum Gasteiger partial charge on any atom is 0.143 e. The third kappa shape index (κ3) is 3.69. The average Bonchev–Trinajstić information content (AvgIpc) is 3.24. The summed E-state index contributed by atoms with van der Waals surface area (Å²) >= 11 is 12.1. The highest BCUT2D eigenvalue weighted by atomic mass is 35.5. The van der Waals surface area contributed by atoms with E-state index in [1.807, 2.05) is 18.2 Å². The normalized spacial score (nSPS) is 14.9. The number of aromatic nitrogens is 1. The molecule has 3 aromatic carbocycles. The molecule has 31 heavy (non-hydrogen) atoms. The summed E-state index contributed by atoms with van der Waals surface area (Å²) in [7, 11) is 0. The van der Waals surface area contributed by atoms with E-state index in [4.69, 9.17) is 23.2 Å². The van der Waals surface area contributed by atoms with Gasteiger partial charge in [-0.05, 0) is 66.6 Å².